The Hall–Kier alpha value is -3.56. The summed E-state index contributed by atoms with van der Waals surface area (Å²) in [5.41, 5.74) is 2.51. The highest BCUT2D eigenvalue weighted by atomic mass is 16.6. The summed E-state index contributed by atoms with van der Waals surface area (Å²) in [4.78, 5) is 39.2. The number of hydrogen-bond acceptors (Lipinski definition) is 8. The fraction of sp³-hybridized carbons (Fsp3) is 0.538. The van der Waals surface area contributed by atoms with Gasteiger partial charge in [0, 0.05) is 44.1 Å². The number of hydrogen-bond donors (Lipinski definition) is 1. The highest BCUT2D eigenvalue weighted by Gasteiger charge is 2.30. The van der Waals surface area contributed by atoms with Gasteiger partial charge in [0.2, 0.25) is 5.95 Å². The SMILES string of the molecule is CC(Nc1ncc2c(n1)N(C(C)C)C(=O)OC2)c1ccc(N2CCN(C(=O)OC(C)(C)C)CC2)cc1. The van der Waals surface area contributed by atoms with Crippen molar-refractivity contribution >= 4 is 29.6 Å². The zero-order chi connectivity index (χ0) is 26.0. The maximum atomic E-state index is 12.3. The van der Waals surface area contributed by atoms with Gasteiger partial charge >= 0.3 is 12.2 Å². The summed E-state index contributed by atoms with van der Waals surface area (Å²) in [5, 5.41) is 3.35. The van der Waals surface area contributed by atoms with Gasteiger partial charge in [0.25, 0.3) is 0 Å². The maximum Gasteiger partial charge on any atom is 0.416 e. The van der Waals surface area contributed by atoms with E-state index in [2.05, 4.69) is 44.5 Å². The number of ether oxygens (including phenoxy) is 2. The molecule has 1 unspecified atom stereocenters. The molecule has 36 heavy (non-hydrogen) atoms. The average Bonchev–Trinajstić information content (AvgIpc) is 2.82. The highest BCUT2D eigenvalue weighted by molar-refractivity contribution is 5.89. The van der Waals surface area contributed by atoms with Crippen LogP contribution < -0.4 is 15.1 Å². The molecule has 1 atom stereocenters. The molecule has 0 bridgehead atoms. The molecular formula is C26H36N6O4. The first-order valence-corrected chi connectivity index (χ1v) is 12.4. The van der Waals surface area contributed by atoms with Crippen LogP contribution in [0.15, 0.2) is 30.5 Å². The first-order chi connectivity index (χ1) is 17.0. The fourth-order valence-corrected chi connectivity index (χ4v) is 4.25. The van der Waals surface area contributed by atoms with Gasteiger partial charge in [0.05, 0.1) is 11.6 Å². The molecule has 194 valence electrons. The summed E-state index contributed by atoms with van der Waals surface area (Å²) in [6, 6.07) is 8.26. The van der Waals surface area contributed by atoms with Crippen LogP contribution in [0.25, 0.3) is 0 Å². The Labute approximate surface area is 212 Å². The molecule has 1 N–H and O–H groups in total. The molecule has 2 amide bonds. The zero-order valence-corrected chi connectivity index (χ0v) is 21.9. The molecule has 0 radical (unpaired) electrons. The lowest BCUT2D eigenvalue weighted by Gasteiger charge is -2.36. The molecule has 1 saturated heterocycles. The van der Waals surface area contributed by atoms with Crippen LogP contribution in [0.5, 0.6) is 0 Å². The Balaban J connectivity index is 1.37. The number of cyclic esters (lactones) is 1. The number of anilines is 3. The molecule has 2 aliphatic heterocycles. The lowest BCUT2D eigenvalue weighted by Crippen LogP contribution is -2.50. The molecule has 0 saturated carbocycles. The number of carbonyl (C=O) groups is 2. The predicted molar refractivity (Wildman–Crippen MR) is 138 cm³/mol. The van der Waals surface area contributed by atoms with Crippen molar-refractivity contribution in [3.8, 4) is 0 Å². The summed E-state index contributed by atoms with van der Waals surface area (Å²) in [6.07, 6.45) is 1.06. The van der Waals surface area contributed by atoms with Gasteiger partial charge in [-0.15, -0.1) is 0 Å². The van der Waals surface area contributed by atoms with E-state index in [1.54, 1.807) is 16.0 Å². The number of aromatic nitrogens is 2. The van der Waals surface area contributed by atoms with E-state index < -0.39 is 11.7 Å². The maximum absolute atomic E-state index is 12.3. The van der Waals surface area contributed by atoms with E-state index in [9.17, 15) is 9.59 Å². The van der Waals surface area contributed by atoms with Gasteiger partial charge in [0.15, 0.2) is 0 Å². The van der Waals surface area contributed by atoms with Gasteiger partial charge in [-0.3, -0.25) is 4.90 Å². The predicted octanol–water partition coefficient (Wildman–Crippen LogP) is 4.57. The molecule has 2 aliphatic rings. The second-order valence-electron chi connectivity index (χ2n) is 10.5. The molecule has 10 nitrogen and oxygen atoms in total. The third-order valence-corrected chi connectivity index (χ3v) is 6.17. The van der Waals surface area contributed by atoms with Crippen LogP contribution >= 0.6 is 0 Å². The molecule has 0 aliphatic carbocycles. The topological polar surface area (TPSA) is 100 Å². The van der Waals surface area contributed by atoms with E-state index in [-0.39, 0.29) is 24.8 Å². The number of piperazine rings is 1. The van der Waals surface area contributed by atoms with Gasteiger partial charge in [-0.05, 0) is 59.2 Å². The molecule has 3 heterocycles. The van der Waals surface area contributed by atoms with Gasteiger partial charge in [-0.1, -0.05) is 12.1 Å². The van der Waals surface area contributed by atoms with E-state index in [1.807, 2.05) is 41.5 Å². The van der Waals surface area contributed by atoms with Gasteiger partial charge < -0.3 is 24.6 Å². The van der Waals surface area contributed by atoms with Crippen LogP contribution in [0, 0.1) is 0 Å². The largest absolute Gasteiger partial charge is 0.444 e. The van der Waals surface area contributed by atoms with Crippen LogP contribution in [0.2, 0.25) is 0 Å². The van der Waals surface area contributed by atoms with Crippen molar-refractivity contribution in [2.45, 2.75) is 65.8 Å². The van der Waals surface area contributed by atoms with Gasteiger partial charge in [-0.2, -0.15) is 4.98 Å². The van der Waals surface area contributed by atoms with Crippen LogP contribution in [-0.2, 0) is 16.1 Å². The van der Waals surface area contributed by atoms with E-state index >= 15 is 0 Å². The smallest absolute Gasteiger partial charge is 0.416 e. The van der Waals surface area contributed by atoms with Crippen LogP contribution in [0.1, 0.15) is 58.7 Å². The van der Waals surface area contributed by atoms with Crippen molar-refractivity contribution in [3.05, 3.63) is 41.6 Å². The molecule has 1 aromatic heterocycles. The Morgan fingerprint density at radius 1 is 1.08 bits per heavy atom. The Morgan fingerprint density at radius 2 is 1.75 bits per heavy atom. The van der Waals surface area contributed by atoms with E-state index in [1.165, 1.54) is 0 Å². The standard InChI is InChI=1S/C26H36N6O4/c1-17(2)32-22-20(16-35-25(32)34)15-27-23(29-22)28-18(3)19-7-9-21(10-8-19)30-11-13-31(14-12-30)24(33)36-26(4,5)6/h7-10,15,17-18H,11-14,16H2,1-6H3,(H,27,28,29). The molecule has 4 rings (SSSR count). The van der Waals surface area contributed by atoms with Crippen LogP contribution in [0.4, 0.5) is 27.0 Å². The number of carbonyl (C=O) groups excluding carboxylic acids is 2. The van der Waals surface area contributed by atoms with Crippen molar-refractivity contribution in [1.29, 1.82) is 0 Å². The summed E-state index contributed by atoms with van der Waals surface area (Å²) in [7, 11) is 0. The minimum atomic E-state index is -0.488. The van der Waals surface area contributed by atoms with Gasteiger partial charge in [-0.25, -0.2) is 14.6 Å². The number of nitrogens with one attached hydrogen (secondary N) is 1. The van der Waals surface area contributed by atoms with Crippen LogP contribution in [-0.4, -0.2) is 64.9 Å². The molecule has 1 fully saturated rings. The number of amides is 2. The molecule has 1 aromatic carbocycles. The summed E-state index contributed by atoms with van der Waals surface area (Å²) in [5.74, 6) is 1.05. The minimum absolute atomic E-state index is 0.0378. The Morgan fingerprint density at radius 3 is 2.36 bits per heavy atom. The number of fused-ring (bicyclic) bond motifs is 1. The lowest BCUT2D eigenvalue weighted by molar-refractivity contribution is 0.0240. The second kappa shape index (κ2) is 10.2. The normalized spacial score (nSPS) is 17.0. The monoisotopic (exact) mass is 496 g/mol. The first-order valence-electron chi connectivity index (χ1n) is 12.4. The first kappa shape index (κ1) is 25.5. The van der Waals surface area contributed by atoms with E-state index in [0.29, 0.717) is 24.9 Å². The Bertz CT molecular complexity index is 1090. The van der Waals surface area contributed by atoms with Crippen molar-refractivity contribution in [3.63, 3.8) is 0 Å². The van der Waals surface area contributed by atoms with E-state index in [0.717, 1.165) is 29.9 Å². The summed E-state index contributed by atoms with van der Waals surface area (Å²) >= 11 is 0. The quantitative estimate of drug-likeness (QED) is 0.643. The Kier molecular flexibility index (Phi) is 7.23. The zero-order valence-electron chi connectivity index (χ0n) is 21.9. The third kappa shape index (κ3) is 5.80. The van der Waals surface area contributed by atoms with Crippen molar-refractivity contribution < 1.29 is 19.1 Å². The summed E-state index contributed by atoms with van der Waals surface area (Å²) in [6.45, 7) is 14.5. The molecule has 10 heteroatoms. The highest BCUT2D eigenvalue weighted by Crippen LogP contribution is 2.29. The van der Waals surface area contributed by atoms with Crippen molar-refractivity contribution in [1.82, 2.24) is 14.9 Å². The van der Waals surface area contributed by atoms with Crippen LogP contribution in [0.3, 0.4) is 0 Å². The number of rotatable bonds is 5. The van der Waals surface area contributed by atoms with Crippen molar-refractivity contribution in [2.24, 2.45) is 0 Å². The van der Waals surface area contributed by atoms with E-state index in [4.69, 9.17) is 9.47 Å². The number of benzene rings is 1. The second-order valence-corrected chi connectivity index (χ2v) is 10.5. The van der Waals surface area contributed by atoms with Gasteiger partial charge in [0.1, 0.15) is 18.0 Å². The number of nitrogens with zero attached hydrogens (tertiary/aromatic N) is 5. The lowest BCUT2D eigenvalue weighted by atomic mass is 10.1. The molecular weight excluding hydrogens is 460 g/mol. The summed E-state index contributed by atoms with van der Waals surface area (Å²) < 4.78 is 10.7. The van der Waals surface area contributed by atoms with Crippen molar-refractivity contribution in [2.75, 3.05) is 41.3 Å². The molecule has 2 aromatic rings. The average molecular weight is 497 g/mol. The third-order valence-electron chi connectivity index (χ3n) is 6.17. The fourth-order valence-electron chi connectivity index (χ4n) is 4.25. The molecule has 0 spiro atoms. The minimum Gasteiger partial charge on any atom is -0.444 e.